The molecule has 0 N–H and O–H groups in total. The fraction of sp³-hybridized carbons (Fsp3) is 0.519. The van der Waals surface area contributed by atoms with Crippen molar-refractivity contribution in [3.63, 3.8) is 0 Å². The van der Waals surface area contributed by atoms with E-state index in [1.807, 2.05) is 53.6 Å². The lowest BCUT2D eigenvalue weighted by Crippen LogP contribution is -2.60. The molecule has 0 unspecified atom stereocenters. The first-order chi connectivity index (χ1) is 15.2. The lowest BCUT2D eigenvalue weighted by molar-refractivity contribution is -0.268. The molecule has 32 heavy (non-hydrogen) atoms. The van der Waals surface area contributed by atoms with Gasteiger partial charge in [0.25, 0.3) is 5.91 Å². The summed E-state index contributed by atoms with van der Waals surface area (Å²) in [5.74, 6) is 0.388. The average Bonchev–Trinajstić information content (AvgIpc) is 2.94. The van der Waals surface area contributed by atoms with E-state index in [9.17, 15) is 4.79 Å². The van der Waals surface area contributed by atoms with Crippen LogP contribution in [0.25, 0.3) is 0 Å². The predicted octanol–water partition coefficient (Wildman–Crippen LogP) is 5.61. The van der Waals surface area contributed by atoms with Gasteiger partial charge in [-0.1, -0.05) is 74.5 Å². The fourth-order valence-corrected chi connectivity index (χ4v) is 4.88. The number of amides is 1. The third kappa shape index (κ3) is 5.06. The largest absolute Gasteiger partial charge is 0.293 e. The van der Waals surface area contributed by atoms with Crippen LogP contribution in [0.1, 0.15) is 59.1 Å². The Morgan fingerprint density at radius 2 is 1.44 bits per heavy atom. The van der Waals surface area contributed by atoms with Gasteiger partial charge in [0.05, 0.1) is 24.1 Å². The molecule has 1 amide bonds. The number of carbonyl (C=O) groups excluding carboxylic acids is 1. The summed E-state index contributed by atoms with van der Waals surface area (Å²) in [4.78, 5) is 26.2. The lowest BCUT2D eigenvalue weighted by Gasteiger charge is -2.47. The van der Waals surface area contributed by atoms with Crippen LogP contribution in [0.3, 0.4) is 0 Å². The van der Waals surface area contributed by atoms with E-state index in [-0.39, 0.29) is 11.9 Å². The molecule has 0 saturated carbocycles. The maximum Gasteiger partial charge on any atom is 0.254 e. The van der Waals surface area contributed by atoms with Crippen LogP contribution in [0, 0.1) is 11.3 Å². The molecular weight excluding hydrogens is 400 g/mol. The summed E-state index contributed by atoms with van der Waals surface area (Å²) >= 11 is 0. The minimum Gasteiger partial charge on any atom is -0.293 e. The van der Waals surface area contributed by atoms with Crippen molar-refractivity contribution in [1.82, 2.24) is 10.1 Å². The molecule has 0 radical (unpaired) electrons. The molecule has 1 aliphatic heterocycles. The monoisotopic (exact) mass is 438 g/mol. The van der Waals surface area contributed by atoms with Crippen LogP contribution in [0.15, 0.2) is 60.7 Å². The Balaban J connectivity index is 1.86. The smallest absolute Gasteiger partial charge is 0.254 e. The van der Waals surface area contributed by atoms with Crippen LogP contribution < -0.4 is 0 Å². The van der Waals surface area contributed by atoms with Gasteiger partial charge in [-0.05, 0) is 51.2 Å². The van der Waals surface area contributed by atoms with Gasteiger partial charge < -0.3 is 0 Å². The van der Waals surface area contributed by atoms with Gasteiger partial charge in [0.2, 0.25) is 0 Å². The molecule has 5 heteroatoms. The molecule has 2 aromatic rings. The van der Waals surface area contributed by atoms with Crippen molar-refractivity contribution >= 4 is 5.91 Å². The third-order valence-electron chi connectivity index (χ3n) is 6.55. The molecule has 0 bridgehead atoms. The quantitative estimate of drug-likeness (QED) is 0.452. The maximum atomic E-state index is 13.7. The first-order valence-corrected chi connectivity index (χ1v) is 11.6. The molecule has 174 valence electrons. The summed E-state index contributed by atoms with van der Waals surface area (Å²) in [6, 6.07) is 20.2. The second-order valence-corrected chi connectivity index (χ2v) is 9.98. The first-order valence-electron chi connectivity index (χ1n) is 11.6. The minimum absolute atomic E-state index is 0.0265. The van der Waals surface area contributed by atoms with Crippen LogP contribution in [0.2, 0.25) is 0 Å². The summed E-state index contributed by atoms with van der Waals surface area (Å²) in [6.07, 6.45) is 0.755. The standard InChI is InChI=1S/C27H38N2O3/c1-21(2)17-26(5)25(30)28(31-18-23-13-9-7-10-14-23)20-27(26,6)29(22(3)4)32-19-24-15-11-8-12-16-24/h7-16,21-22H,17-20H2,1-6H3/t26-,27+/m1/s1. The summed E-state index contributed by atoms with van der Waals surface area (Å²) in [7, 11) is 0. The van der Waals surface area contributed by atoms with Crippen LogP contribution in [-0.2, 0) is 27.7 Å². The van der Waals surface area contributed by atoms with E-state index in [0.29, 0.717) is 25.7 Å². The number of benzene rings is 2. The highest BCUT2D eigenvalue weighted by molar-refractivity contribution is 5.86. The fourth-order valence-electron chi connectivity index (χ4n) is 4.88. The second-order valence-electron chi connectivity index (χ2n) is 9.98. The molecule has 0 aliphatic carbocycles. The molecule has 1 saturated heterocycles. The molecule has 3 rings (SSSR count). The third-order valence-corrected chi connectivity index (χ3v) is 6.55. The SMILES string of the molecule is CC(C)C[C@]1(C)C(=O)N(OCc2ccccc2)C[C@]1(C)N(OCc1ccccc1)C(C)C. The van der Waals surface area contributed by atoms with Crippen molar-refractivity contribution < 1.29 is 14.5 Å². The van der Waals surface area contributed by atoms with Crippen molar-refractivity contribution in [2.75, 3.05) is 6.54 Å². The number of nitrogens with zero attached hydrogens (tertiary/aromatic N) is 2. The Morgan fingerprint density at radius 1 is 0.906 bits per heavy atom. The van der Waals surface area contributed by atoms with Crippen molar-refractivity contribution in [1.29, 1.82) is 0 Å². The Labute approximate surface area is 193 Å². The van der Waals surface area contributed by atoms with Crippen LogP contribution in [0.4, 0.5) is 0 Å². The molecule has 5 nitrogen and oxygen atoms in total. The van der Waals surface area contributed by atoms with Gasteiger partial charge in [-0.25, -0.2) is 5.06 Å². The highest BCUT2D eigenvalue weighted by Gasteiger charge is 2.62. The highest BCUT2D eigenvalue weighted by atomic mass is 16.7. The van der Waals surface area contributed by atoms with Crippen molar-refractivity contribution in [2.45, 2.75) is 72.8 Å². The van der Waals surface area contributed by atoms with Crippen molar-refractivity contribution in [3.05, 3.63) is 71.8 Å². The van der Waals surface area contributed by atoms with Gasteiger partial charge in [-0.2, -0.15) is 5.06 Å². The molecule has 2 aromatic carbocycles. The Morgan fingerprint density at radius 3 is 1.94 bits per heavy atom. The van der Waals surface area contributed by atoms with E-state index in [1.54, 1.807) is 5.06 Å². The summed E-state index contributed by atoms with van der Waals surface area (Å²) in [6.45, 7) is 14.1. The number of hydrogen-bond donors (Lipinski definition) is 0. The van der Waals surface area contributed by atoms with Crippen LogP contribution >= 0.6 is 0 Å². The average molecular weight is 439 g/mol. The Kier molecular flexibility index (Phi) is 7.75. The van der Waals surface area contributed by atoms with Crippen LogP contribution in [-0.4, -0.2) is 34.2 Å². The first kappa shape index (κ1) is 24.4. The minimum atomic E-state index is -0.640. The van der Waals surface area contributed by atoms with E-state index in [2.05, 4.69) is 53.7 Å². The van der Waals surface area contributed by atoms with Gasteiger partial charge in [0.15, 0.2) is 0 Å². The zero-order valence-electron chi connectivity index (χ0n) is 20.4. The number of rotatable bonds is 10. The molecule has 0 spiro atoms. The van der Waals surface area contributed by atoms with E-state index in [4.69, 9.17) is 9.68 Å². The number of hydrogen-bond acceptors (Lipinski definition) is 4. The molecule has 1 heterocycles. The Hall–Kier alpha value is -2.21. The number of carbonyl (C=O) groups is 1. The lowest BCUT2D eigenvalue weighted by atomic mass is 9.68. The highest BCUT2D eigenvalue weighted by Crippen LogP contribution is 2.49. The maximum absolute atomic E-state index is 13.7. The van der Waals surface area contributed by atoms with Crippen molar-refractivity contribution in [2.24, 2.45) is 11.3 Å². The normalized spacial score (nSPS) is 23.7. The summed E-state index contributed by atoms with van der Waals surface area (Å²) in [5, 5.41) is 3.60. The molecule has 1 aliphatic rings. The predicted molar refractivity (Wildman–Crippen MR) is 127 cm³/mol. The molecule has 0 aromatic heterocycles. The van der Waals surface area contributed by atoms with E-state index in [1.165, 1.54) is 0 Å². The summed E-state index contributed by atoms with van der Waals surface area (Å²) < 4.78 is 0. The van der Waals surface area contributed by atoms with Gasteiger partial charge in [-0.3, -0.25) is 14.5 Å². The van der Waals surface area contributed by atoms with E-state index >= 15 is 0 Å². The topological polar surface area (TPSA) is 42.0 Å². The van der Waals surface area contributed by atoms with Gasteiger partial charge >= 0.3 is 0 Å². The molecule has 1 fully saturated rings. The van der Waals surface area contributed by atoms with Crippen LogP contribution in [0.5, 0.6) is 0 Å². The van der Waals surface area contributed by atoms with Gasteiger partial charge in [-0.15, -0.1) is 0 Å². The van der Waals surface area contributed by atoms with Crippen molar-refractivity contribution in [3.8, 4) is 0 Å². The molecule has 2 atom stereocenters. The van der Waals surface area contributed by atoms with Gasteiger partial charge in [0.1, 0.15) is 6.61 Å². The zero-order chi connectivity index (χ0) is 23.4. The number of hydroxylamine groups is 4. The summed E-state index contributed by atoms with van der Waals surface area (Å²) in [5.41, 5.74) is 0.960. The van der Waals surface area contributed by atoms with E-state index < -0.39 is 11.0 Å². The van der Waals surface area contributed by atoms with Gasteiger partial charge in [0, 0.05) is 6.04 Å². The molecular formula is C27H38N2O3. The Bertz CT molecular complexity index is 871. The second kappa shape index (κ2) is 10.2. The zero-order valence-corrected chi connectivity index (χ0v) is 20.4. The van der Waals surface area contributed by atoms with E-state index in [0.717, 1.165) is 17.5 Å².